The molecule has 0 saturated heterocycles. The maximum Gasteiger partial charge on any atom is 0.274 e. The number of imidazole rings is 1. The molecule has 1 aliphatic heterocycles. The molecule has 1 aliphatic rings. The van der Waals surface area contributed by atoms with Crippen LogP contribution in [0.2, 0.25) is 0 Å². The van der Waals surface area contributed by atoms with E-state index in [9.17, 15) is 4.79 Å². The summed E-state index contributed by atoms with van der Waals surface area (Å²) < 4.78 is 1.98. The number of unbranched alkanes of at least 4 members (excludes halogenated alkanes) is 1. The van der Waals surface area contributed by atoms with Crippen molar-refractivity contribution in [1.29, 1.82) is 0 Å². The number of fused-ring (bicyclic) bond motifs is 1. The van der Waals surface area contributed by atoms with Crippen molar-refractivity contribution in [2.75, 3.05) is 31.6 Å². The summed E-state index contributed by atoms with van der Waals surface area (Å²) in [5.74, 6) is 0.681. The largest absolute Gasteiger partial charge is 0.395 e. The lowest BCUT2D eigenvalue weighted by molar-refractivity contribution is 0.0714. The highest BCUT2D eigenvalue weighted by atomic mass is 16.3. The number of rotatable bonds is 6. The quantitative estimate of drug-likeness (QED) is 0.803. The zero-order valence-electron chi connectivity index (χ0n) is 11.4. The predicted octanol–water partition coefficient (Wildman–Crippen LogP) is 0.933. The number of hydrogen-bond acceptors (Lipinski definition) is 4. The predicted molar refractivity (Wildman–Crippen MR) is 73.2 cm³/mol. The lowest BCUT2D eigenvalue weighted by atomic mass is 10.3. The molecule has 0 radical (unpaired) electrons. The minimum absolute atomic E-state index is 0.0126. The number of carbonyl (C=O) groups excluding carboxylic acids is 1. The van der Waals surface area contributed by atoms with Crippen molar-refractivity contribution in [3.8, 4) is 0 Å². The summed E-state index contributed by atoms with van der Waals surface area (Å²) in [6.07, 6.45) is 4.82. The van der Waals surface area contributed by atoms with Gasteiger partial charge in [-0.2, -0.15) is 0 Å². The first-order chi connectivity index (χ1) is 9.26. The zero-order valence-corrected chi connectivity index (χ0v) is 11.4. The molecule has 0 aliphatic carbocycles. The van der Waals surface area contributed by atoms with Crippen molar-refractivity contribution >= 4 is 11.9 Å². The lowest BCUT2D eigenvalue weighted by Crippen LogP contribution is -2.34. The summed E-state index contributed by atoms with van der Waals surface area (Å²) in [6.45, 7) is 4.92. The molecule has 0 aromatic carbocycles. The van der Waals surface area contributed by atoms with Gasteiger partial charge in [-0.3, -0.25) is 4.79 Å². The number of aliphatic hydroxyl groups excluding tert-OH is 1. The number of nitrogens with one attached hydrogen (secondary N) is 1. The second kappa shape index (κ2) is 6.56. The van der Waals surface area contributed by atoms with Crippen LogP contribution in [0.3, 0.4) is 0 Å². The Hall–Kier alpha value is -1.56. The highest BCUT2D eigenvalue weighted by Crippen LogP contribution is 2.15. The number of amides is 1. The average molecular weight is 266 g/mol. The van der Waals surface area contributed by atoms with Gasteiger partial charge in [-0.1, -0.05) is 13.3 Å². The molecule has 1 amide bonds. The van der Waals surface area contributed by atoms with E-state index in [4.69, 9.17) is 5.11 Å². The number of aromatic nitrogens is 2. The molecular weight excluding hydrogens is 244 g/mol. The lowest BCUT2D eigenvalue weighted by Gasteiger charge is -2.20. The van der Waals surface area contributed by atoms with Crippen molar-refractivity contribution in [3.05, 3.63) is 11.9 Å². The number of nitrogens with zero attached hydrogens (tertiary/aromatic N) is 3. The van der Waals surface area contributed by atoms with E-state index in [-0.39, 0.29) is 12.5 Å². The van der Waals surface area contributed by atoms with Gasteiger partial charge in [0, 0.05) is 32.4 Å². The third-order valence-corrected chi connectivity index (χ3v) is 3.29. The second-order valence-corrected chi connectivity index (χ2v) is 4.79. The summed E-state index contributed by atoms with van der Waals surface area (Å²) in [5, 5.41) is 12.2. The third-order valence-electron chi connectivity index (χ3n) is 3.29. The molecule has 1 aromatic heterocycles. The van der Waals surface area contributed by atoms with Crippen LogP contribution in [-0.4, -0.2) is 51.7 Å². The fourth-order valence-electron chi connectivity index (χ4n) is 2.23. The topological polar surface area (TPSA) is 70.4 Å². The SMILES string of the molecule is CCCCN(CCO)C(=O)c1cn2c(n1)NCCC2. The van der Waals surface area contributed by atoms with Gasteiger partial charge in [0.25, 0.3) is 5.91 Å². The van der Waals surface area contributed by atoms with Crippen LogP contribution >= 0.6 is 0 Å². The van der Waals surface area contributed by atoms with Gasteiger partial charge < -0.3 is 19.9 Å². The Morgan fingerprint density at radius 1 is 1.58 bits per heavy atom. The maximum atomic E-state index is 12.4. The molecule has 19 heavy (non-hydrogen) atoms. The van der Waals surface area contributed by atoms with Gasteiger partial charge in [0.05, 0.1) is 6.61 Å². The smallest absolute Gasteiger partial charge is 0.274 e. The maximum absolute atomic E-state index is 12.4. The fraction of sp³-hybridized carbons (Fsp3) is 0.692. The van der Waals surface area contributed by atoms with Crippen molar-refractivity contribution in [3.63, 3.8) is 0 Å². The highest BCUT2D eigenvalue weighted by molar-refractivity contribution is 5.92. The Labute approximate surface area is 113 Å². The Kier molecular flexibility index (Phi) is 4.79. The molecular formula is C13H22N4O2. The van der Waals surface area contributed by atoms with E-state index in [1.54, 1.807) is 11.1 Å². The van der Waals surface area contributed by atoms with Crippen molar-refractivity contribution in [1.82, 2.24) is 14.5 Å². The molecule has 0 atom stereocenters. The summed E-state index contributed by atoms with van der Waals surface area (Å²) >= 11 is 0. The van der Waals surface area contributed by atoms with Gasteiger partial charge in [0.15, 0.2) is 0 Å². The molecule has 2 heterocycles. The Morgan fingerprint density at radius 2 is 2.42 bits per heavy atom. The fourth-order valence-corrected chi connectivity index (χ4v) is 2.23. The molecule has 106 valence electrons. The molecule has 0 spiro atoms. The normalized spacial score (nSPS) is 13.8. The molecule has 2 N–H and O–H groups in total. The van der Waals surface area contributed by atoms with Gasteiger partial charge in [-0.05, 0) is 12.8 Å². The summed E-state index contributed by atoms with van der Waals surface area (Å²) in [5.41, 5.74) is 0.467. The standard InChI is InChI=1S/C13H22N4O2/c1-2-3-6-16(8-9-18)12(19)11-10-17-7-4-5-14-13(17)15-11/h10,18H,2-9H2,1H3,(H,14,15). The van der Waals surface area contributed by atoms with E-state index in [0.717, 1.165) is 38.3 Å². The summed E-state index contributed by atoms with van der Waals surface area (Å²) in [7, 11) is 0. The molecule has 6 heteroatoms. The minimum Gasteiger partial charge on any atom is -0.395 e. The Balaban J connectivity index is 2.09. The molecule has 0 unspecified atom stereocenters. The van der Waals surface area contributed by atoms with Crippen LogP contribution in [0, 0.1) is 0 Å². The van der Waals surface area contributed by atoms with Gasteiger partial charge >= 0.3 is 0 Å². The Morgan fingerprint density at radius 3 is 3.11 bits per heavy atom. The molecule has 0 bridgehead atoms. The van der Waals surface area contributed by atoms with Gasteiger partial charge in [0.2, 0.25) is 5.95 Å². The van der Waals surface area contributed by atoms with Crippen LogP contribution < -0.4 is 5.32 Å². The Bertz CT molecular complexity index is 407. The molecule has 1 aromatic rings. The first-order valence-electron chi connectivity index (χ1n) is 6.97. The van der Waals surface area contributed by atoms with Crippen molar-refractivity contribution < 1.29 is 9.90 Å². The van der Waals surface area contributed by atoms with Crippen LogP contribution in [-0.2, 0) is 6.54 Å². The third kappa shape index (κ3) is 3.26. The van der Waals surface area contributed by atoms with E-state index in [1.807, 2.05) is 4.57 Å². The van der Waals surface area contributed by atoms with Crippen LogP contribution in [0.1, 0.15) is 36.7 Å². The molecule has 6 nitrogen and oxygen atoms in total. The van der Waals surface area contributed by atoms with Gasteiger partial charge in [0.1, 0.15) is 5.69 Å². The molecule has 0 fully saturated rings. The van der Waals surface area contributed by atoms with Gasteiger partial charge in [-0.25, -0.2) is 4.98 Å². The first-order valence-corrected chi connectivity index (χ1v) is 6.97. The van der Waals surface area contributed by atoms with Crippen molar-refractivity contribution in [2.24, 2.45) is 0 Å². The number of aliphatic hydroxyl groups is 1. The van der Waals surface area contributed by atoms with E-state index < -0.39 is 0 Å². The second-order valence-electron chi connectivity index (χ2n) is 4.79. The number of anilines is 1. The van der Waals surface area contributed by atoms with Crippen LogP contribution in [0.15, 0.2) is 6.20 Å². The summed E-state index contributed by atoms with van der Waals surface area (Å²) in [4.78, 5) is 18.4. The monoisotopic (exact) mass is 266 g/mol. The van der Waals surface area contributed by atoms with E-state index >= 15 is 0 Å². The number of aryl methyl sites for hydroxylation is 1. The summed E-state index contributed by atoms with van der Waals surface area (Å²) in [6, 6.07) is 0. The van der Waals surface area contributed by atoms with E-state index in [2.05, 4.69) is 17.2 Å². The van der Waals surface area contributed by atoms with Gasteiger partial charge in [-0.15, -0.1) is 0 Å². The van der Waals surface area contributed by atoms with E-state index in [1.165, 1.54) is 0 Å². The van der Waals surface area contributed by atoms with Crippen LogP contribution in [0.25, 0.3) is 0 Å². The van der Waals surface area contributed by atoms with Crippen molar-refractivity contribution in [2.45, 2.75) is 32.7 Å². The van der Waals surface area contributed by atoms with E-state index in [0.29, 0.717) is 18.8 Å². The zero-order chi connectivity index (χ0) is 13.7. The highest BCUT2D eigenvalue weighted by Gasteiger charge is 2.20. The minimum atomic E-state index is -0.0915. The first kappa shape index (κ1) is 13.9. The average Bonchev–Trinajstić information content (AvgIpc) is 2.86. The molecule has 0 saturated carbocycles. The number of hydrogen-bond donors (Lipinski definition) is 2. The molecule has 2 rings (SSSR count). The van der Waals surface area contributed by atoms with Crippen LogP contribution in [0.5, 0.6) is 0 Å². The van der Waals surface area contributed by atoms with Crippen LogP contribution in [0.4, 0.5) is 5.95 Å². The number of carbonyl (C=O) groups is 1.